The lowest BCUT2D eigenvalue weighted by molar-refractivity contribution is -0.391. The lowest BCUT2D eigenvalue weighted by Gasteiger charge is -2.32. The normalized spacial score (nSPS) is 17.5. The molecule has 23 heavy (non-hydrogen) atoms. The molecular weight excluding hydrogens is 328 g/mol. The second kappa shape index (κ2) is 5.60. The van der Waals surface area contributed by atoms with Gasteiger partial charge >= 0.3 is 24.2 Å². The van der Waals surface area contributed by atoms with Crippen LogP contribution in [0.3, 0.4) is 0 Å². The minimum atomic E-state index is -4.91. The summed E-state index contributed by atoms with van der Waals surface area (Å²) in [5, 5.41) is 0. The SMILES string of the molecule is COC(=O)C(C(=O)OC)c1ccc2c(c1)OC(F)(F)C(F)(F)O2. The highest BCUT2D eigenvalue weighted by atomic mass is 19.3. The molecule has 0 spiro atoms. The van der Waals surface area contributed by atoms with E-state index in [0.717, 1.165) is 32.4 Å². The van der Waals surface area contributed by atoms with Crippen LogP contribution in [0.2, 0.25) is 0 Å². The van der Waals surface area contributed by atoms with Crippen LogP contribution in [0.5, 0.6) is 11.5 Å². The Morgan fingerprint density at radius 3 is 1.91 bits per heavy atom. The summed E-state index contributed by atoms with van der Waals surface area (Å²) >= 11 is 0. The van der Waals surface area contributed by atoms with Crippen molar-refractivity contribution in [2.45, 2.75) is 18.1 Å². The molecule has 0 unspecified atom stereocenters. The smallest absolute Gasteiger partial charge is 0.468 e. The molecule has 6 nitrogen and oxygen atoms in total. The number of hydrogen-bond donors (Lipinski definition) is 0. The second-order valence-electron chi connectivity index (χ2n) is 4.42. The maximum atomic E-state index is 13.2. The van der Waals surface area contributed by atoms with E-state index in [2.05, 4.69) is 18.9 Å². The van der Waals surface area contributed by atoms with Gasteiger partial charge in [0.2, 0.25) is 0 Å². The van der Waals surface area contributed by atoms with Crippen molar-refractivity contribution in [3.63, 3.8) is 0 Å². The van der Waals surface area contributed by atoms with Gasteiger partial charge in [0.15, 0.2) is 17.4 Å². The van der Waals surface area contributed by atoms with E-state index in [1.165, 1.54) is 0 Å². The van der Waals surface area contributed by atoms with Gasteiger partial charge in [-0.05, 0) is 17.7 Å². The number of ether oxygens (including phenoxy) is 4. The highest BCUT2D eigenvalue weighted by molar-refractivity contribution is 6.00. The molecule has 1 aliphatic rings. The summed E-state index contributed by atoms with van der Waals surface area (Å²) in [7, 11) is 2.01. The number of carbonyl (C=O) groups excluding carboxylic acids is 2. The van der Waals surface area contributed by atoms with Crippen LogP contribution < -0.4 is 9.47 Å². The Morgan fingerprint density at radius 1 is 0.957 bits per heavy atom. The van der Waals surface area contributed by atoms with Gasteiger partial charge in [0.1, 0.15) is 0 Å². The Labute approximate surface area is 126 Å². The Balaban J connectivity index is 2.45. The fourth-order valence-electron chi connectivity index (χ4n) is 1.87. The van der Waals surface area contributed by atoms with Crippen molar-refractivity contribution in [2.24, 2.45) is 0 Å². The summed E-state index contributed by atoms with van der Waals surface area (Å²) in [6, 6.07) is 2.73. The Hall–Kier alpha value is -2.52. The summed E-state index contributed by atoms with van der Waals surface area (Å²) in [6.07, 6.45) is -9.77. The van der Waals surface area contributed by atoms with Crippen LogP contribution in [0, 0.1) is 0 Å². The van der Waals surface area contributed by atoms with Gasteiger partial charge in [0.25, 0.3) is 0 Å². The average molecular weight is 338 g/mol. The number of benzene rings is 1. The fourth-order valence-corrected chi connectivity index (χ4v) is 1.87. The van der Waals surface area contributed by atoms with Crippen molar-refractivity contribution in [1.82, 2.24) is 0 Å². The number of hydrogen-bond acceptors (Lipinski definition) is 6. The second-order valence-corrected chi connectivity index (χ2v) is 4.42. The lowest BCUT2D eigenvalue weighted by Crippen LogP contribution is -2.52. The third-order valence-electron chi connectivity index (χ3n) is 2.99. The fraction of sp³-hybridized carbons (Fsp3) is 0.385. The molecule has 0 bridgehead atoms. The molecule has 0 amide bonds. The molecule has 1 aromatic rings. The third-order valence-corrected chi connectivity index (χ3v) is 2.99. The molecule has 0 fully saturated rings. The van der Waals surface area contributed by atoms with Gasteiger partial charge in [-0.25, -0.2) is 0 Å². The minimum absolute atomic E-state index is 0.146. The van der Waals surface area contributed by atoms with Gasteiger partial charge in [0.05, 0.1) is 14.2 Å². The van der Waals surface area contributed by atoms with E-state index in [1.54, 1.807) is 0 Å². The van der Waals surface area contributed by atoms with Crippen molar-refractivity contribution in [1.29, 1.82) is 0 Å². The number of esters is 2. The van der Waals surface area contributed by atoms with E-state index in [9.17, 15) is 27.2 Å². The number of rotatable bonds is 3. The monoisotopic (exact) mass is 338 g/mol. The van der Waals surface area contributed by atoms with Crippen LogP contribution in [0.15, 0.2) is 18.2 Å². The molecule has 126 valence electrons. The van der Waals surface area contributed by atoms with Crippen molar-refractivity contribution >= 4 is 11.9 Å². The zero-order valence-electron chi connectivity index (χ0n) is 11.8. The van der Waals surface area contributed by atoms with Crippen LogP contribution in [0.1, 0.15) is 11.5 Å². The summed E-state index contributed by atoms with van der Waals surface area (Å²) in [5.74, 6) is -5.06. The molecule has 0 N–H and O–H groups in total. The predicted octanol–water partition coefficient (Wildman–Crippen LogP) is 2.07. The van der Waals surface area contributed by atoms with Gasteiger partial charge < -0.3 is 18.9 Å². The molecule has 1 heterocycles. The molecule has 0 saturated heterocycles. The number of methoxy groups -OCH3 is 2. The topological polar surface area (TPSA) is 71.1 Å². The van der Waals surface area contributed by atoms with E-state index in [4.69, 9.17) is 0 Å². The van der Waals surface area contributed by atoms with Crippen molar-refractivity contribution < 1.29 is 46.1 Å². The molecule has 0 saturated carbocycles. The molecule has 2 rings (SSSR count). The molecule has 1 aliphatic heterocycles. The Morgan fingerprint density at radius 2 is 1.43 bits per heavy atom. The van der Waals surface area contributed by atoms with Crippen LogP contribution in [-0.4, -0.2) is 38.4 Å². The molecule has 0 aromatic heterocycles. The predicted molar refractivity (Wildman–Crippen MR) is 64.4 cm³/mol. The van der Waals surface area contributed by atoms with Crippen molar-refractivity contribution in [3.05, 3.63) is 23.8 Å². The van der Waals surface area contributed by atoms with Crippen LogP contribution in [-0.2, 0) is 19.1 Å². The largest absolute Gasteiger partial charge is 0.507 e. The first-order valence-electron chi connectivity index (χ1n) is 6.06. The van der Waals surface area contributed by atoms with Gasteiger partial charge in [0, 0.05) is 0 Å². The number of halogens is 4. The molecule has 0 radical (unpaired) electrons. The van der Waals surface area contributed by atoms with Crippen molar-refractivity contribution in [2.75, 3.05) is 14.2 Å². The zero-order valence-corrected chi connectivity index (χ0v) is 11.8. The standard InChI is InChI=1S/C13H10F4O6/c1-20-10(18)9(11(19)21-2)6-3-4-7-8(5-6)23-13(16,17)12(14,15)22-7/h3-5,9H,1-2H3. The molecule has 1 aromatic carbocycles. The van der Waals surface area contributed by atoms with Crippen molar-refractivity contribution in [3.8, 4) is 11.5 Å². The number of alkyl halides is 4. The molecule has 0 aliphatic carbocycles. The third kappa shape index (κ3) is 2.88. The first kappa shape index (κ1) is 16.8. The summed E-state index contributed by atoms with van der Waals surface area (Å²) in [5.41, 5.74) is -0.146. The molecule has 10 heteroatoms. The lowest BCUT2D eigenvalue weighted by atomic mass is 9.98. The maximum Gasteiger partial charge on any atom is 0.507 e. The first-order valence-corrected chi connectivity index (χ1v) is 6.06. The van der Waals surface area contributed by atoms with E-state index in [0.29, 0.717) is 0 Å². The van der Waals surface area contributed by atoms with Crippen LogP contribution >= 0.6 is 0 Å². The number of fused-ring (bicyclic) bond motifs is 1. The minimum Gasteiger partial charge on any atom is -0.468 e. The van der Waals surface area contributed by atoms with E-state index in [1.807, 2.05) is 0 Å². The van der Waals surface area contributed by atoms with Crippen LogP contribution in [0.4, 0.5) is 17.6 Å². The van der Waals surface area contributed by atoms with Gasteiger partial charge in [-0.2, -0.15) is 17.6 Å². The molecular formula is C13H10F4O6. The van der Waals surface area contributed by atoms with E-state index in [-0.39, 0.29) is 5.56 Å². The summed E-state index contributed by atoms with van der Waals surface area (Å²) in [4.78, 5) is 23.3. The van der Waals surface area contributed by atoms with Gasteiger partial charge in [-0.1, -0.05) is 6.07 Å². The Kier molecular flexibility index (Phi) is 4.10. The summed E-state index contributed by atoms with van der Waals surface area (Å²) in [6.45, 7) is 0. The zero-order chi connectivity index (χ0) is 17.4. The molecule has 0 atom stereocenters. The van der Waals surface area contributed by atoms with E-state index < -0.39 is 41.6 Å². The quantitative estimate of drug-likeness (QED) is 0.477. The Bertz CT molecular complexity index is 629. The highest BCUT2D eigenvalue weighted by Gasteiger charge is 2.66. The first-order chi connectivity index (χ1) is 10.6. The highest BCUT2D eigenvalue weighted by Crippen LogP contribution is 2.47. The summed E-state index contributed by atoms with van der Waals surface area (Å²) < 4.78 is 69.1. The average Bonchev–Trinajstić information content (AvgIpc) is 2.47. The van der Waals surface area contributed by atoms with Crippen LogP contribution in [0.25, 0.3) is 0 Å². The number of carbonyl (C=O) groups is 2. The maximum absolute atomic E-state index is 13.2. The van der Waals surface area contributed by atoms with Gasteiger partial charge in [-0.3, -0.25) is 9.59 Å². The van der Waals surface area contributed by atoms with Gasteiger partial charge in [-0.15, -0.1) is 0 Å². The van der Waals surface area contributed by atoms with E-state index >= 15 is 0 Å².